The summed E-state index contributed by atoms with van der Waals surface area (Å²) < 4.78 is 12.7. The first-order chi connectivity index (χ1) is 24.5. The molecule has 0 saturated carbocycles. The number of aromatic hydroxyl groups is 2. The topological polar surface area (TPSA) is 113 Å². The molecule has 2 aliphatic carbocycles. The van der Waals surface area contributed by atoms with Gasteiger partial charge in [0.05, 0.1) is 5.56 Å². The van der Waals surface area contributed by atoms with Gasteiger partial charge in [-0.25, -0.2) is 4.79 Å². The fourth-order valence-corrected chi connectivity index (χ4v) is 9.47. The van der Waals surface area contributed by atoms with E-state index in [1.54, 1.807) is 0 Å². The molecule has 7 nitrogen and oxygen atoms in total. The van der Waals surface area contributed by atoms with E-state index in [4.69, 9.17) is 9.47 Å². The molecule has 4 atom stereocenters. The quantitative estimate of drug-likeness (QED) is 0.109. The number of allylic oxidation sites excluding steroid dienone is 4. The number of rotatable bonds is 10. The first-order valence-electron chi connectivity index (χ1n) is 19.5. The molecule has 2 aromatic rings. The highest BCUT2D eigenvalue weighted by atomic mass is 32.1. The van der Waals surface area contributed by atoms with E-state index in [1.807, 2.05) is 12.1 Å². The lowest BCUT2D eigenvalue weighted by Crippen LogP contribution is -2.45. The summed E-state index contributed by atoms with van der Waals surface area (Å²) in [6, 6.07) is 3.84. The average molecular weight is 733 g/mol. The molecule has 0 amide bonds. The van der Waals surface area contributed by atoms with Gasteiger partial charge in [-0.1, -0.05) is 62.8 Å². The van der Waals surface area contributed by atoms with Crippen molar-refractivity contribution < 1.29 is 34.4 Å². The maximum absolute atomic E-state index is 12.2. The normalized spacial score (nSPS) is 23.5. The minimum Gasteiger partial charge on any atom is -0.507 e. The monoisotopic (exact) mass is 732 g/mol. The summed E-state index contributed by atoms with van der Waals surface area (Å²) in [5, 5.41) is 31.4. The standard InChI is InChI=1S/C22H30O4.C22H30O3S/c1-5-6-7-8-14-12-17-19(20(23)18(14)21(24)25)15-11-13(2)9-10-16(15)22(3,4)26-17;1-5-6-7-8-14-12-17-19(20(23)18(14)21(24)26)15-11-13(2)9-10-16(15)22(3,4)25-17/h11-12,15-16,23H,5-10H2,1-4H3,(H,24,25);11-12,15-16,23H,5-10H2,1-4H3,(H,24,26)/t2*15-,16-/m11/s1. The Bertz CT molecular complexity index is 1620. The molecule has 0 radical (unpaired) electrons. The predicted octanol–water partition coefficient (Wildman–Crippen LogP) is 11.2. The van der Waals surface area contributed by atoms with E-state index < -0.39 is 5.97 Å². The first-order valence-corrected chi connectivity index (χ1v) is 19.9. The van der Waals surface area contributed by atoms with Crippen molar-refractivity contribution in [3.63, 3.8) is 0 Å². The zero-order chi connectivity index (χ0) is 38.1. The summed E-state index contributed by atoms with van der Waals surface area (Å²) in [5.74, 6) is 0.901. The Morgan fingerprint density at radius 1 is 0.731 bits per heavy atom. The van der Waals surface area contributed by atoms with Crippen molar-refractivity contribution in [1.29, 1.82) is 0 Å². The van der Waals surface area contributed by atoms with E-state index in [0.717, 1.165) is 87.5 Å². The van der Waals surface area contributed by atoms with Gasteiger partial charge in [0.2, 0.25) is 5.12 Å². The largest absolute Gasteiger partial charge is 0.507 e. The second-order valence-electron chi connectivity index (χ2n) is 16.6. The Kier molecular flexibility index (Phi) is 12.2. The van der Waals surface area contributed by atoms with Gasteiger partial charge in [0.15, 0.2) is 0 Å². The van der Waals surface area contributed by atoms with Crippen molar-refractivity contribution in [3.8, 4) is 23.0 Å². The van der Waals surface area contributed by atoms with Gasteiger partial charge in [-0.15, -0.1) is 12.6 Å². The summed E-state index contributed by atoms with van der Waals surface area (Å²) in [6.45, 7) is 17.0. The van der Waals surface area contributed by atoms with Crippen LogP contribution in [0.2, 0.25) is 0 Å². The van der Waals surface area contributed by atoms with E-state index in [-0.39, 0.29) is 51.1 Å². The molecule has 0 bridgehead atoms. The number of benzene rings is 2. The molecule has 0 unspecified atom stereocenters. The Labute approximate surface area is 316 Å². The van der Waals surface area contributed by atoms with Crippen LogP contribution in [0.15, 0.2) is 35.4 Å². The van der Waals surface area contributed by atoms with Gasteiger partial charge >= 0.3 is 5.97 Å². The summed E-state index contributed by atoms with van der Waals surface area (Å²) >= 11 is 4.05. The minimum absolute atomic E-state index is 0.00490. The Morgan fingerprint density at radius 3 is 1.52 bits per heavy atom. The van der Waals surface area contributed by atoms with E-state index in [1.165, 1.54) is 11.1 Å². The molecule has 2 aromatic carbocycles. The molecule has 2 aliphatic heterocycles. The third-order valence-corrected chi connectivity index (χ3v) is 12.2. The summed E-state index contributed by atoms with van der Waals surface area (Å²) in [5.41, 5.74) is 5.35. The van der Waals surface area contributed by atoms with Crippen LogP contribution in [0.1, 0.15) is 174 Å². The zero-order valence-electron chi connectivity index (χ0n) is 32.5. The van der Waals surface area contributed by atoms with Crippen LogP contribution < -0.4 is 9.47 Å². The van der Waals surface area contributed by atoms with E-state index in [0.29, 0.717) is 34.8 Å². The number of aromatic carboxylic acids is 1. The molecule has 0 saturated heterocycles. The first kappa shape index (κ1) is 39.8. The van der Waals surface area contributed by atoms with Crippen LogP contribution >= 0.6 is 12.6 Å². The number of aryl methyl sites for hydroxylation is 2. The summed E-state index contributed by atoms with van der Waals surface area (Å²) in [7, 11) is 0. The maximum atomic E-state index is 12.2. The van der Waals surface area contributed by atoms with Crippen LogP contribution in [0.3, 0.4) is 0 Å². The second kappa shape index (κ2) is 15.9. The third kappa shape index (κ3) is 7.93. The number of ether oxygens (including phenoxy) is 2. The van der Waals surface area contributed by atoms with Crippen molar-refractivity contribution in [3.05, 3.63) is 68.8 Å². The van der Waals surface area contributed by atoms with Gasteiger partial charge in [-0.2, -0.15) is 0 Å². The molecule has 0 spiro atoms. The molecule has 8 heteroatoms. The molecule has 52 heavy (non-hydrogen) atoms. The SMILES string of the molecule is CCCCCc1cc2c(c(O)c1C(=O)O)[C@@H]1C=C(C)CC[C@H]1C(C)(C)O2.CCCCCc1cc2c(c(O)c1C(=O)S)[C@@H]1C=C(C)CC[C@H]1C(C)(C)O2. The number of fused-ring (bicyclic) bond motifs is 6. The number of carboxylic acid groups (broad SMARTS) is 1. The van der Waals surface area contributed by atoms with Crippen molar-refractivity contribution in [2.75, 3.05) is 0 Å². The molecule has 0 aromatic heterocycles. The number of hydrogen-bond acceptors (Lipinski definition) is 6. The minimum atomic E-state index is -1.06. The molecule has 2 heterocycles. The number of carbonyl (C=O) groups excluding carboxylic acids is 1. The smallest absolute Gasteiger partial charge is 0.339 e. The predicted molar refractivity (Wildman–Crippen MR) is 211 cm³/mol. The van der Waals surface area contributed by atoms with Crippen LogP contribution in [0, 0.1) is 11.8 Å². The number of carboxylic acids is 1. The maximum Gasteiger partial charge on any atom is 0.339 e. The van der Waals surface area contributed by atoms with Crippen molar-refractivity contribution >= 4 is 23.7 Å². The lowest BCUT2D eigenvalue weighted by molar-refractivity contribution is 0.0103. The lowest BCUT2D eigenvalue weighted by atomic mass is 9.67. The highest BCUT2D eigenvalue weighted by molar-refractivity contribution is 7.97. The molecule has 284 valence electrons. The highest BCUT2D eigenvalue weighted by Gasteiger charge is 2.47. The average Bonchev–Trinajstić information content (AvgIpc) is 3.03. The number of hydrogen-bond donors (Lipinski definition) is 4. The van der Waals surface area contributed by atoms with Crippen LogP contribution in [0.25, 0.3) is 0 Å². The van der Waals surface area contributed by atoms with E-state index in [9.17, 15) is 24.9 Å². The molecule has 4 aliphatic rings. The van der Waals surface area contributed by atoms with Gasteiger partial charge in [0.25, 0.3) is 0 Å². The third-order valence-electron chi connectivity index (χ3n) is 12.0. The molecule has 6 rings (SSSR count). The van der Waals surface area contributed by atoms with Gasteiger partial charge < -0.3 is 24.8 Å². The number of unbranched alkanes of at least 4 members (excludes halogenated alkanes) is 4. The molecule has 3 N–H and O–H groups in total. The van der Waals surface area contributed by atoms with Crippen molar-refractivity contribution in [2.45, 2.75) is 155 Å². The molecule has 0 fully saturated rings. The Morgan fingerprint density at radius 2 is 1.13 bits per heavy atom. The van der Waals surface area contributed by atoms with Crippen molar-refractivity contribution in [2.24, 2.45) is 11.8 Å². The van der Waals surface area contributed by atoms with Gasteiger partial charge in [0.1, 0.15) is 39.8 Å². The Balaban J connectivity index is 0.000000201. The number of phenols is 2. The van der Waals surface area contributed by atoms with Gasteiger partial charge in [0, 0.05) is 34.8 Å². The zero-order valence-corrected chi connectivity index (χ0v) is 33.4. The Hall–Kier alpha value is -3.39. The van der Waals surface area contributed by atoms with Crippen LogP contribution in [0.5, 0.6) is 23.0 Å². The van der Waals surface area contributed by atoms with Crippen LogP contribution in [-0.2, 0) is 12.8 Å². The summed E-state index contributed by atoms with van der Waals surface area (Å²) in [4.78, 5) is 24.1. The van der Waals surface area contributed by atoms with Crippen molar-refractivity contribution in [1.82, 2.24) is 0 Å². The lowest BCUT2D eigenvalue weighted by Gasteiger charge is -2.46. The molecular formula is C44H60O7S. The van der Waals surface area contributed by atoms with Crippen LogP contribution in [-0.4, -0.2) is 37.6 Å². The van der Waals surface area contributed by atoms with E-state index in [2.05, 4.69) is 80.2 Å². The highest BCUT2D eigenvalue weighted by Crippen LogP contribution is 2.56. The van der Waals surface area contributed by atoms with Gasteiger partial charge in [-0.05, 0) is 116 Å². The number of carbonyl (C=O) groups is 2. The fourth-order valence-electron chi connectivity index (χ4n) is 9.22. The molecular weight excluding hydrogens is 673 g/mol. The van der Waals surface area contributed by atoms with Crippen LogP contribution in [0.4, 0.5) is 0 Å². The fraction of sp³-hybridized carbons (Fsp3) is 0.591. The second-order valence-corrected chi connectivity index (χ2v) is 17.1. The summed E-state index contributed by atoms with van der Waals surface area (Å²) in [6.07, 6.45) is 16.1. The van der Waals surface area contributed by atoms with E-state index >= 15 is 0 Å². The number of thiol groups is 1. The van der Waals surface area contributed by atoms with Gasteiger partial charge in [-0.3, -0.25) is 4.79 Å². The number of phenolic OH excluding ortho intramolecular Hbond substituents is 1.